The fourth-order valence-electron chi connectivity index (χ4n) is 1.75. The van der Waals surface area contributed by atoms with E-state index in [1.54, 1.807) is 12.1 Å². The normalized spacial score (nSPS) is 10.0. The Balaban J connectivity index is 2.72. The predicted molar refractivity (Wildman–Crippen MR) is 70.8 cm³/mol. The summed E-state index contributed by atoms with van der Waals surface area (Å²) in [7, 11) is 0. The minimum atomic E-state index is 0.601. The van der Waals surface area contributed by atoms with Crippen LogP contribution >= 0.6 is 0 Å². The molecule has 2 aromatic rings. The molecule has 4 N–H and O–H groups in total. The first-order valence-electron chi connectivity index (χ1n) is 5.10. The van der Waals surface area contributed by atoms with E-state index in [2.05, 4.69) is 6.58 Å². The lowest BCUT2D eigenvalue weighted by Crippen LogP contribution is -1.98. The third-order valence-electron chi connectivity index (χ3n) is 2.59. The molecule has 0 aliphatic carbocycles. The molecule has 0 unspecified atom stereocenters. The Morgan fingerprint density at radius 3 is 2.25 bits per heavy atom. The summed E-state index contributed by atoms with van der Waals surface area (Å²) in [6, 6.07) is 13.7. The van der Waals surface area contributed by atoms with Gasteiger partial charge >= 0.3 is 0 Å². The maximum absolute atomic E-state index is 6.02. The molecule has 0 aliphatic heterocycles. The number of nitrogens with two attached hydrogens (primary N) is 2. The first kappa shape index (κ1) is 10.3. The standard InChI is InChI=1S/C14H14N2/c1-2-10-8-9-12(15)14(16)13(10)11-6-4-3-5-7-11/h2-9H,1,15-16H2. The van der Waals surface area contributed by atoms with Crippen LogP contribution in [0.25, 0.3) is 17.2 Å². The van der Waals surface area contributed by atoms with Crippen molar-refractivity contribution in [3.63, 3.8) is 0 Å². The zero-order valence-corrected chi connectivity index (χ0v) is 8.98. The molecule has 0 aromatic heterocycles. The minimum absolute atomic E-state index is 0.601. The van der Waals surface area contributed by atoms with Gasteiger partial charge in [0.2, 0.25) is 0 Å². The zero-order valence-electron chi connectivity index (χ0n) is 8.98. The summed E-state index contributed by atoms with van der Waals surface area (Å²) in [6.45, 7) is 3.79. The van der Waals surface area contributed by atoms with Gasteiger partial charge in [0.25, 0.3) is 0 Å². The van der Waals surface area contributed by atoms with Crippen molar-refractivity contribution in [1.82, 2.24) is 0 Å². The lowest BCUT2D eigenvalue weighted by Gasteiger charge is -2.12. The fraction of sp³-hybridized carbons (Fsp3) is 0. The van der Waals surface area contributed by atoms with Crippen LogP contribution in [-0.4, -0.2) is 0 Å². The summed E-state index contributed by atoms with van der Waals surface area (Å²) in [4.78, 5) is 0. The molecule has 0 heterocycles. The molecule has 0 spiro atoms. The highest BCUT2D eigenvalue weighted by Gasteiger charge is 2.08. The molecule has 2 rings (SSSR count). The van der Waals surface area contributed by atoms with E-state index in [0.717, 1.165) is 16.7 Å². The first-order valence-corrected chi connectivity index (χ1v) is 5.10. The van der Waals surface area contributed by atoms with Crippen molar-refractivity contribution in [3.05, 3.63) is 54.6 Å². The van der Waals surface area contributed by atoms with Gasteiger partial charge in [0.05, 0.1) is 11.4 Å². The van der Waals surface area contributed by atoms with Gasteiger partial charge in [0.1, 0.15) is 0 Å². The van der Waals surface area contributed by atoms with Crippen LogP contribution in [0.1, 0.15) is 5.56 Å². The van der Waals surface area contributed by atoms with Crippen molar-refractivity contribution in [2.45, 2.75) is 0 Å². The van der Waals surface area contributed by atoms with Crippen LogP contribution < -0.4 is 11.5 Å². The van der Waals surface area contributed by atoms with Crippen LogP contribution in [0, 0.1) is 0 Å². The van der Waals surface area contributed by atoms with Gasteiger partial charge in [0.15, 0.2) is 0 Å². The van der Waals surface area contributed by atoms with Gasteiger partial charge in [-0.05, 0) is 17.2 Å². The SMILES string of the molecule is C=Cc1ccc(N)c(N)c1-c1ccccc1. The van der Waals surface area contributed by atoms with Crippen molar-refractivity contribution in [2.24, 2.45) is 0 Å². The Hall–Kier alpha value is -2.22. The predicted octanol–water partition coefficient (Wildman–Crippen LogP) is 3.16. The number of nitrogen functional groups attached to an aromatic ring is 2. The molecular weight excluding hydrogens is 196 g/mol. The van der Waals surface area contributed by atoms with E-state index < -0.39 is 0 Å². The van der Waals surface area contributed by atoms with E-state index in [-0.39, 0.29) is 0 Å². The Morgan fingerprint density at radius 1 is 0.938 bits per heavy atom. The molecular formula is C14H14N2. The molecule has 0 fully saturated rings. The van der Waals surface area contributed by atoms with Crippen molar-refractivity contribution >= 4 is 17.5 Å². The summed E-state index contributed by atoms with van der Waals surface area (Å²) in [5, 5.41) is 0. The Morgan fingerprint density at radius 2 is 1.62 bits per heavy atom. The topological polar surface area (TPSA) is 52.0 Å². The van der Waals surface area contributed by atoms with Crippen molar-refractivity contribution in [3.8, 4) is 11.1 Å². The highest BCUT2D eigenvalue weighted by atomic mass is 14.7. The third-order valence-corrected chi connectivity index (χ3v) is 2.59. The van der Waals surface area contributed by atoms with Crippen LogP contribution in [0.2, 0.25) is 0 Å². The zero-order chi connectivity index (χ0) is 11.5. The number of hydrogen-bond acceptors (Lipinski definition) is 2. The molecule has 2 aromatic carbocycles. The largest absolute Gasteiger partial charge is 0.397 e. The van der Waals surface area contributed by atoms with Gasteiger partial charge in [0, 0.05) is 5.56 Å². The molecule has 0 saturated heterocycles. The second-order valence-corrected chi connectivity index (χ2v) is 3.60. The van der Waals surface area contributed by atoms with E-state index in [9.17, 15) is 0 Å². The molecule has 0 bridgehead atoms. The molecule has 80 valence electrons. The smallest absolute Gasteiger partial charge is 0.0633 e. The summed E-state index contributed by atoms with van der Waals surface area (Å²) in [5.74, 6) is 0. The lowest BCUT2D eigenvalue weighted by atomic mass is 9.97. The summed E-state index contributed by atoms with van der Waals surface area (Å²) in [6.07, 6.45) is 1.79. The van der Waals surface area contributed by atoms with Crippen molar-refractivity contribution in [2.75, 3.05) is 11.5 Å². The molecule has 0 amide bonds. The maximum atomic E-state index is 6.02. The molecule has 2 nitrogen and oxygen atoms in total. The lowest BCUT2D eigenvalue weighted by molar-refractivity contribution is 1.58. The number of rotatable bonds is 2. The molecule has 2 heteroatoms. The molecule has 16 heavy (non-hydrogen) atoms. The van der Waals surface area contributed by atoms with Gasteiger partial charge < -0.3 is 11.5 Å². The van der Waals surface area contributed by atoms with Crippen LogP contribution in [0.5, 0.6) is 0 Å². The quantitative estimate of drug-likeness (QED) is 0.748. The number of hydrogen-bond donors (Lipinski definition) is 2. The van der Waals surface area contributed by atoms with Crippen molar-refractivity contribution < 1.29 is 0 Å². The van der Waals surface area contributed by atoms with Gasteiger partial charge in [-0.25, -0.2) is 0 Å². The average Bonchev–Trinajstić information content (AvgIpc) is 2.33. The van der Waals surface area contributed by atoms with E-state index in [1.165, 1.54) is 0 Å². The van der Waals surface area contributed by atoms with Crippen LogP contribution in [0.4, 0.5) is 11.4 Å². The maximum Gasteiger partial charge on any atom is 0.0633 e. The van der Waals surface area contributed by atoms with Gasteiger partial charge in [-0.3, -0.25) is 0 Å². The van der Waals surface area contributed by atoms with E-state index >= 15 is 0 Å². The second kappa shape index (κ2) is 4.11. The van der Waals surface area contributed by atoms with E-state index in [4.69, 9.17) is 11.5 Å². The Bertz CT molecular complexity index is 516. The monoisotopic (exact) mass is 210 g/mol. The summed E-state index contributed by atoms with van der Waals surface area (Å²) < 4.78 is 0. The van der Waals surface area contributed by atoms with Gasteiger partial charge in [-0.15, -0.1) is 0 Å². The van der Waals surface area contributed by atoms with E-state index in [0.29, 0.717) is 11.4 Å². The Kier molecular flexibility index (Phi) is 2.64. The molecule has 0 saturated carbocycles. The van der Waals surface area contributed by atoms with Crippen molar-refractivity contribution in [1.29, 1.82) is 0 Å². The Labute approximate surface area is 95.2 Å². The van der Waals surface area contributed by atoms with Gasteiger partial charge in [-0.1, -0.05) is 49.1 Å². The molecule has 0 atom stereocenters. The minimum Gasteiger partial charge on any atom is -0.397 e. The average molecular weight is 210 g/mol. The summed E-state index contributed by atoms with van der Waals surface area (Å²) >= 11 is 0. The third kappa shape index (κ3) is 1.65. The second-order valence-electron chi connectivity index (χ2n) is 3.60. The molecule has 0 aliphatic rings. The van der Waals surface area contributed by atoms with E-state index in [1.807, 2.05) is 36.4 Å². The van der Waals surface area contributed by atoms with Crippen LogP contribution in [-0.2, 0) is 0 Å². The number of benzene rings is 2. The van der Waals surface area contributed by atoms with Crippen LogP contribution in [0.3, 0.4) is 0 Å². The first-order chi connectivity index (χ1) is 7.74. The highest BCUT2D eigenvalue weighted by molar-refractivity contribution is 5.90. The fourth-order valence-corrected chi connectivity index (χ4v) is 1.75. The van der Waals surface area contributed by atoms with Crippen LogP contribution in [0.15, 0.2) is 49.0 Å². The number of anilines is 2. The van der Waals surface area contributed by atoms with Gasteiger partial charge in [-0.2, -0.15) is 0 Å². The molecule has 0 radical (unpaired) electrons. The highest BCUT2D eigenvalue weighted by Crippen LogP contribution is 2.34. The summed E-state index contributed by atoms with van der Waals surface area (Å²) in [5.41, 5.74) is 16.1.